The fraction of sp³-hybridized carbons (Fsp3) is 0.390. The van der Waals surface area contributed by atoms with Crippen LogP contribution in [0.1, 0.15) is 65.5 Å². The van der Waals surface area contributed by atoms with Gasteiger partial charge in [0, 0.05) is 30.6 Å². The van der Waals surface area contributed by atoms with Crippen LogP contribution in [0.3, 0.4) is 0 Å². The Morgan fingerprint density at radius 2 is 1.54 bits per heavy atom. The summed E-state index contributed by atoms with van der Waals surface area (Å²) in [7, 11) is -3.96. The molecule has 0 radical (unpaired) electrons. The van der Waals surface area contributed by atoms with E-state index in [0.717, 1.165) is 52.8 Å². The zero-order valence-corrected chi connectivity index (χ0v) is 30.5. The predicted octanol–water partition coefficient (Wildman–Crippen LogP) is 4.94. The lowest BCUT2D eigenvalue weighted by Crippen LogP contribution is -2.47. The first kappa shape index (κ1) is 37.8. The average molecular weight is 728 g/mol. The Morgan fingerprint density at radius 1 is 0.865 bits per heavy atom. The Labute approximate surface area is 306 Å². The second-order valence-electron chi connectivity index (χ2n) is 13.9. The standard InChI is InChI=1S/C41H49N3O7S/c1-28-10-20-36(21-11-28)52(48,49)43-37(23-30-7-4-3-5-8-30)40(47)42-24-31-12-18-34(19-13-31)41-50-38(25-44-22-6-9-35(44)27-46)29(2)39(51-41)33-16-14-32(26-45)15-17-33/h3-5,7-8,10-21,29,35,37-39,41,43,45-46H,6,9,22-27H2,1-2H3,(H,42,47)/t29-,35-,37+,38+,39+,41?/m0/s1. The molecule has 0 bridgehead atoms. The number of aryl methyl sites for hydroxylation is 1. The highest BCUT2D eigenvalue weighted by molar-refractivity contribution is 7.89. The number of likely N-dealkylation sites (tertiary alicyclic amines) is 1. The number of carbonyl (C=O) groups is 1. The Morgan fingerprint density at radius 3 is 2.21 bits per heavy atom. The molecule has 2 aliphatic heterocycles. The van der Waals surface area contributed by atoms with Crippen molar-refractivity contribution in [3.05, 3.63) is 137 Å². The third-order valence-corrected chi connectivity index (χ3v) is 11.7. The number of aliphatic hydroxyl groups is 2. The van der Waals surface area contributed by atoms with Gasteiger partial charge in [-0.2, -0.15) is 4.72 Å². The van der Waals surface area contributed by atoms with Gasteiger partial charge in [0.25, 0.3) is 0 Å². The molecule has 52 heavy (non-hydrogen) atoms. The molecule has 2 heterocycles. The lowest BCUT2D eigenvalue weighted by Gasteiger charge is -2.43. The lowest BCUT2D eigenvalue weighted by molar-refractivity contribution is -0.276. The number of nitrogens with one attached hydrogen (secondary N) is 2. The average Bonchev–Trinajstić information content (AvgIpc) is 3.62. The zero-order valence-electron chi connectivity index (χ0n) is 29.7. The van der Waals surface area contributed by atoms with Crippen molar-refractivity contribution < 1.29 is 32.9 Å². The molecular weight excluding hydrogens is 679 g/mol. The number of carbonyl (C=O) groups excluding carboxylic acids is 1. The van der Waals surface area contributed by atoms with Crippen molar-refractivity contribution in [2.24, 2.45) is 5.92 Å². The summed E-state index contributed by atoms with van der Waals surface area (Å²) < 4.78 is 42.4. The first-order valence-electron chi connectivity index (χ1n) is 18.0. The van der Waals surface area contributed by atoms with Crippen LogP contribution in [0.4, 0.5) is 0 Å². The number of nitrogens with zero attached hydrogens (tertiary/aromatic N) is 1. The highest BCUT2D eigenvalue weighted by Gasteiger charge is 2.40. The van der Waals surface area contributed by atoms with Gasteiger partial charge in [-0.15, -0.1) is 0 Å². The maximum absolute atomic E-state index is 13.6. The third-order valence-electron chi connectivity index (χ3n) is 10.2. The third kappa shape index (κ3) is 9.34. The smallest absolute Gasteiger partial charge is 0.241 e. The van der Waals surface area contributed by atoms with Crippen LogP contribution in [0.25, 0.3) is 0 Å². The minimum Gasteiger partial charge on any atom is -0.395 e. The van der Waals surface area contributed by atoms with Gasteiger partial charge in [-0.05, 0) is 67.1 Å². The number of amides is 1. The van der Waals surface area contributed by atoms with E-state index in [0.29, 0.717) is 6.54 Å². The van der Waals surface area contributed by atoms with Gasteiger partial charge in [-0.3, -0.25) is 9.69 Å². The molecule has 1 unspecified atom stereocenters. The summed E-state index contributed by atoms with van der Waals surface area (Å²) in [6, 6.07) is 30.4. The monoisotopic (exact) mass is 727 g/mol. The molecule has 1 amide bonds. The SMILES string of the molecule is Cc1ccc(S(=O)(=O)N[C@H](Cc2ccccc2)C(=O)NCc2ccc(C3O[C@H](CN4CCC[C@H]4CO)[C@H](C)[C@H](c4ccc(CO)cc4)O3)cc2)cc1. The molecule has 11 heteroatoms. The van der Waals surface area contributed by atoms with Crippen LogP contribution in [0.5, 0.6) is 0 Å². The van der Waals surface area contributed by atoms with Crippen molar-refractivity contribution in [3.8, 4) is 0 Å². The number of sulfonamides is 1. The largest absolute Gasteiger partial charge is 0.395 e. The van der Waals surface area contributed by atoms with E-state index in [9.17, 15) is 23.4 Å². The van der Waals surface area contributed by atoms with E-state index in [4.69, 9.17) is 9.47 Å². The molecule has 4 N–H and O–H groups in total. The van der Waals surface area contributed by atoms with E-state index in [1.54, 1.807) is 12.1 Å². The van der Waals surface area contributed by atoms with Crippen molar-refractivity contribution >= 4 is 15.9 Å². The predicted molar refractivity (Wildman–Crippen MR) is 198 cm³/mol. The van der Waals surface area contributed by atoms with E-state index >= 15 is 0 Å². The van der Waals surface area contributed by atoms with Crippen LogP contribution in [-0.4, -0.2) is 67.3 Å². The van der Waals surface area contributed by atoms with Crippen molar-refractivity contribution in [1.29, 1.82) is 0 Å². The van der Waals surface area contributed by atoms with Crippen LogP contribution >= 0.6 is 0 Å². The molecule has 4 aromatic carbocycles. The van der Waals surface area contributed by atoms with Crippen LogP contribution in [0, 0.1) is 12.8 Å². The number of benzene rings is 4. The van der Waals surface area contributed by atoms with Gasteiger partial charge >= 0.3 is 0 Å². The van der Waals surface area contributed by atoms with Gasteiger partial charge in [0.2, 0.25) is 15.9 Å². The molecule has 6 rings (SSSR count). The van der Waals surface area contributed by atoms with E-state index in [1.165, 1.54) is 12.1 Å². The maximum Gasteiger partial charge on any atom is 0.241 e. The second kappa shape index (κ2) is 17.3. The highest BCUT2D eigenvalue weighted by Crippen LogP contribution is 2.42. The number of rotatable bonds is 14. The summed E-state index contributed by atoms with van der Waals surface area (Å²) in [5.41, 5.74) is 5.26. The maximum atomic E-state index is 13.6. The Balaban J connectivity index is 1.15. The van der Waals surface area contributed by atoms with Crippen molar-refractivity contribution in [2.45, 2.75) is 81.7 Å². The van der Waals surface area contributed by atoms with Gasteiger partial charge < -0.3 is 25.0 Å². The molecule has 0 aromatic heterocycles. The van der Waals surface area contributed by atoms with Gasteiger partial charge in [0.05, 0.1) is 30.3 Å². The highest BCUT2D eigenvalue weighted by atomic mass is 32.2. The molecular formula is C41H49N3O7S. The molecule has 2 saturated heterocycles. The number of aliphatic hydroxyl groups excluding tert-OH is 2. The molecule has 0 saturated carbocycles. The van der Waals surface area contributed by atoms with Crippen LogP contribution in [-0.2, 0) is 43.9 Å². The number of hydrogen-bond donors (Lipinski definition) is 4. The van der Waals surface area contributed by atoms with Gasteiger partial charge in [0.1, 0.15) is 6.04 Å². The fourth-order valence-electron chi connectivity index (χ4n) is 7.02. The fourth-order valence-corrected chi connectivity index (χ4v) is 8.21. The molecule has 0 spiro atoms. The summed E-state index contributed by atoms with van der Waals surface area (Å²) in [5, 5.41) is 22.5. The Hall–Kier alpha value is -3.94. The van der Waals surface area contributed by atoms with Gasteiger partial charge in [-0.25, -0.2) is 8.42 Å². The molecule has 0 aliphatic carbocycles. The molecule has 2 aliphatic rings. The van der Waals surface area contributed by atoms with Crippen LogP contribution < -0.4 is 10.0 Å². The zero-order chi connectivity index (χ0) is 36.7. The van der Waals surface area contributed by atoms with E-state index in [-0.39, 0.29) is 55.2 Å². The Bertz CT molecular complexity index is 1860. The van der Waals surface area contributed by atoms with Crippen LogP contribution in [0.15, 0.2) is 108 Å². The summed E-state index contributed by atoms with van der Waals surface area (Å²) >= 11 is 0. The number of ether oxygens (including phenoxy) is 2. The summed E-state index contributed by atoms with van der Waals surface area (Å²) in [4.78, 5) is 16.0. The first-order valence-corrected chi connectivity index (χ1v) is 19.5. The van der Waals surface area contributed by atoms with E-state index in [2.05, 4.69) is 21.9 Å². The Kier molecular flexibility index (Phi) is 12.5. The normalized spacial score (nSPS) is 23.0. The van der Waals surface area contributed by atoms with Gasteiger partial charge in [-0.1, -0.05) is 103 Å². The molecule has 276 valence electrons. The van der Waals surface area contributed by atoms with Gasteiger partial charge in [0.15, 0.2) is 6.29 Å². The van der Waals surface area contributed by atoms with Crippen molar-refractivity contribution in [3.63, 3.8) is 0 Å². The van der Waals surface area contributed by atoms with E-state index < -0.39 is 28.3 Å². The first-order chi connectivity index (χ1) is 25.1. The lowest BCUT2D eigenvalue weighted by atomic mass is 9.90. The van der Waals surface area contributed by atoms with Crippen molar-refractivity contribution in [1.82, 2.24) is 14.9 Å². The number of hydrogen-bond acceptors (Lipinski definition) is 8. The summed E-state index contributed by atoms with van der Waals surface area (Å²) in [5.74, 6) is -0.407. The van der Waals surface area contributed by atoms with Crippen LogP contribution in [0.2, 0.25) is 0 Å². The second-order valence-corrected chi connectivity index (χ2v) is 15.6. The van der Waals surface area contributed by atoms with Crippen molar-refractivity contribution in [2.75, 3.05) is 19.7 Å². The molecule has 6 atom stereocenters. The van der Waals surface area contributed by atoms with E-state index in [1.807, 2.05) is 85.8 Å². The summed E-state index contributed by atoms with van der Waals surface area (Å²) in [6.07, 6.45) is 1.14. The minimum absolute atomic E-state index is 0.0259. The quantitative estimate of drug-likeness (QED) is 0.144. The topological polar surface area (TPSA) is 137 Å². The summed E-state index contributed by atoms with van der Waals surface area (Å²) in [6.45, 7) is 5.90. The minimum atomic E-state index is -3.96. The molecule has 4 aromatic rings. The molecule has 2 fully saturated rings. The molecule has 10 nitrogen and oxygen atoms in total.